The summed E-state index contributed by atoms with van der Waals surface area (Å²) in [6.07, 6.45) is 2.96. The van der Waals surface area contributed by atoms with Crippen LogP contribution in [0.25, 0.3) is 0 Å². The zero-order valence-corrected chi connectivity index (χ0v) is 14.3. The molecule has 0 aromatic heterocycles. The number of rotatable bonds is 5. The molecule has 1 aromatic carbocycles. The van der Waals surface area contributed by atoms with Gasteiger partial charge in [0.05, 0.1) is 13.2 Å². The molecule has 2 atom stereocenters. The molecule has 7 heteroatoms. The number of hydrogen-bond acceptors (Lipinski definition) is 5. The lowest BCUT2D eigenvalue weighted by atomic mass is 9.87. The van der Waals surface area contributed by atoms with Gasteiger partial charge in [-0.2, -0.15) is 0 Å². The number of carboxylic acids is 1. The van der Waals surface area contributed by atoms with Crippen molar-refractivity contribution in [2.75, 3.05) is 20.2 Å². The standard InChI is InChI=1S/C18H24N2O5/c1-25-15-10-12(5-6-14(15)21)11-18(17(23)24)7-3-9-20(18)16(22)13-4-2-8-19-13/h5-6,10,13,19,21H,2-4,7-9,11H2,1H3,(H,23,24). The fourth-order valence-corrected chi connectivity index (χ4v) is 3.93. The number of carbonyl (C=O) groups is 2. The quantitative estimate of drug-likeness (QED) is 0.738. The van der Waals surface area contributed by atoms with Crippen molar-refractivity contribution >= 4 is 11.9 Å². The summed E-state index contributed by atoms with van der Waals surface area (Å²) in [7, 11) is 1.45. The lowest BCUT2D eigenvalue weighted by Gasteiger charge is -2.36. The van der Waals surface area contributed by atoms with Crippen molar-refractivity contribution in [2.24, 2.45) is 0 Å². The fourth-order valence-electron chi connectivity index (χ4n) is 3.93. The molecule has 25 heavy (non-hydrogen) atoms. The second kappa shape index (κ2) is 6.92. The minimum absolute atomic E-state index is 0.00475. The molecule has 2 unspecified atom stereocenters. The van der Waals surface area contributed by atoms with Gasteiger partial charge in [-0.15, -0.1) is 0 Å². The molecule has 136 valence electrons. The second-order valence-electron chi connectivity index (χ2n) is 6.76. The van der Waals surface area contributed by atoms with Crippen LogP contribution >= 0.6 is 0 Å². The normalized spacial score (nSPS) is 26.0. The van der Waals surface area contributed by atoms with Crippen LogP contribution in [0.1, 0.15) is 31.2 Å². The monoisotopic (exact) mass is 348 g/mol. The van der Waals surface area contributed by atoms with E-state index >= 15 is 0 Å². The highest BCUT2D eigenvalue weighted by Crippen LogP contribution is 2.36. The Bertz CT molecular complexity index is 671. The van der Waals surface area contributed by atoms with E-state index in [4.69, 9.17) is 4.74 Å². The minimum atomic E-state index is -1.25. The van der Waals surface area contributed by atoms with Crippen molar-refractivity contribution in [2.45, 2.75) is 43.7 Å². The van der Waals surface area contributed by atoms with Gasteiger partial charge in [-0.3, -0.25) is 4.79 Å². The molecule has 2 aliphatic heterocycles. The van der Waals surface area contributed by atoms with Gasteiger partial charge >= 0.3 is 5.97 Å². The lowest BCUT2D eigenvalue weighted by molar-refractivity contribution is -0.157. The van der Waals surface area contributed by atoms with Crippen molar-refractivity contribution in [1.29, 1.82) is 0 Å². The minimum Gasteiger partial charge on any atom is -0.504 e. The SMILES string of the molecule is COc1cc(CC2(C(=O)O)CCCN2C(=O)C2CCCN2)ccc1O. The van der Waals surface area contributed by atoms with Crippen LogP contribution in [0, 0.1) is 0 Å². The molecule has 0 bridgehead atoms. The zero-order valence-electron chi connectivity index (χ0n) is 14.3. The van der Waals surface area contributed by atoms with Crippen LogP contribution in [0.4, 0.5) is 0 Å². The maximum absolute atomic E-state index is 12.9. The van der Waals surface area contributed by atoms with Gasteiger partial charge in [-0.1, -0.05) is 6.07 Å². The first-order valence-electron chi connectivity index (χ1n) is 8.62. The summed E-state index contributed by atoms with van der Waals surface area (Å²) in [5, 5.41) is 22.9. The summed E-state index contributed by atoms with van der Waals surface area (Å²) in [5.41, 5.74) is -0.528. The molecular weight excluding hydrogens is 324 g/mol. The first-order valence-corrected chi connectivity index (χ1v) is 8.62. The fraction of sp³-hybridized carbons (Fsp3) is 0.556. The Morgan fingerprint density at radius 3 is 2.84 bits per heavy atom. The molecule has 2 saturated heterocycles. The zero-order chi connectivity index (χ0) is 18.0. The predicted octanol–water partition coefficient (Wildman–Crippen LogP) is 1.14. The number of phenols is 1. The highest BCUT2D eigenvalue weighted by atomic mass is 16.5. The van der Waals surface area contributed by atoms with Gasteiger partial charge in [-0.25, -0.2) is 4.79 Å². The summed E-state index contributed by atoms with van der Waals surface area (Å²) < 4.78 is 5.11. The van der Waals surface area contributed by atoms with Crippen LogP contribution < -0.4 is 10.1 Å². The van der Waals surface area contributed by atoms with Crippen molar-refractivity contribution in [3.63, 3.8) is 0 Å². The van der Waals surface area contributed by atoms with Crippen molar-refractivity contribution in [3.8, 4) is 11.5 Å². The van der Waals surface area contributed by atoms with Crippen LogP contribution in [-0.4, -0.2) is 58.8 Å². The van der Waals surface area contributed by atoms with Crippen LogP contribution in [0.2, 0.25) is 0 Å². The third-order valence-electron chi connectivity index (χ3n) is 5.25. The third kappa shape index (κ3) is 3.16. The number of amides is 1. The number of hydrogen-bond donors (Lipinski definition) is 3. The number of nitrogens with zero attached hydrogens (tertiary/aromatic N) is 1. The number of phenolic OH excluding ortho intramolecular Hbond substituents is 1. The second-order valence-corrected chi connectivity index (χ2v) is 6.76. The average molecular weight is 348 g/mol. The molecule has 0 saturated carbocycles. The lowest BCUT2D eigenvalue weighted by Crippen LogP contribution is -2.58. The van der Waals surface area contributed by atoms with Crippen LogP contribution in [0.3, 0.4) is 0 Å². The Morgan fingerprint density at radius 2 is 2.20 bits per heavy atom. The highest BCUT2D eigenvalue weighted by molar-refractivity contribution is 5.90. The summed E-state index contributed by atoms with van der Waals surface area (Å²) in [5.74, 6) is -0.803. The van der Waals surface area contributed by atoms with Crippen molar-refractivity contribution < 1.29 is 24.5 Å². The molecule has 0 spiro atoms. The van der Waals surface area contributed by atoms with E-state index in [1.807, 2.05) is 0 Å². The van der Waals surface area contributed by atoms with E-state index in [-0.39, 0.29) is 24.1 Å². The maximum Gasteiger partial charge on any atom is 0.329 e. The number of nitrogens with one attached hydrogen (secondary N) is 1. The average Bonchev–Trinajstić information content (AvgIpc) is 3.26. The molecule has 2 aliphatic rings. The van der Waals surface area contributed by atoms with E-state index in [0.717, 1.165) is 24.9 Å². The van der Waals surface area contributed by atoms with Crippen LogP contribution in [0.15, 0.2) is 18.2 Å². The smallest absolute Gasteiger partial charge is 0.329 e. The first kappa shape index (κ1) is 17.5. The van der Waals surface area contributed by atoms with Crippen LogP contribution in [-0.2, 0) is 16.0 Å². The number of ether oxygens (including phenoxy) is 1. The Labute approximate surface area is 146 Å². The molecule has 3 N–H and O–H groups in total. The van der Waals surface area contributed by atoms with E-state index in [1.165, 1.54) is 18.1 Å². The summed E-state index contributed by atoms with van der Waals surface area (Å²) >= 11 is 0. The van der Waals surface area contributed by atoms with Gasteiger partial charge in [0.1, 0.15) is 5.54 Å². The third-order valence-corrected chi connectivity index (χ3v) is 5.25. The van der Waals surface area contributed by atoms with Gasteiger partial charge in [0, 0.05) is 13.0 Å². The molecule has 3 rings (SSSR count). The number of benzene rings is 1. The van der Waals surface area contributed by atoms with Gasteiger partial charge < -0.3 is 25.2 Å². The molecule has 0 radical (unpaired) electrons. The Hall–Kier alpha value is -2.28. The largest absolute Gasteiger partial charge is 0.504 e. The Kier molecular flexibility index (Phi) is 4.85. The maximum atomic E-state index is 12.9. The molecular formula is C18H24N2O5. The van der Waals surface area contributed by atoms with E-state index in [0.29, 0.717) is 25.1 Å². The topological polar surface area (TPSA) is 99.1 Å². The summed E-state index contributed by atoms with van der Waals surface area (Å²) in [6, 6.07) is 4.52. The highest BCUT2D eigenvalue weighted by Gasteiger charge is 2.51. The number of carboxylic acid groups (broad SMARTS) is 1. The number of aromatic hydroxyl groups is 1. The predicted molar refractivity (Wildman–Crippen MR) is 90.7 cm³/mol. The Morgan fingerprint density at radius 1 is 1.40 bits per heavy atom. The molecule has 2 fully saturated rings. The molecule has 0 aliphatic carbocycles. The van der Waals surface area contributed by atoms with E-state index in [9.17, 15) is 19.8 Å². The van der Waals surface area contributed by atoms with Crippen molar-refractivity contribution in [3.05, 3.63) is 23.8 Å². The molecule has 7 nitrogen and oxygen atoms in total. The number of aliphatic carboxylic acids is 1. The summed E-state index contributed by atoms with van der Waals surface area (Å²) in [4.78, 5) is 26.6. The number of carbonyl (C=O) groups excluding carboxylic acids is 1. The van der Waals surface area contributed by atoms with E-state index in [1.54, 1.807) is 12.1 Å². The Balaban J connectivity index is 1.90. The molecule has 1 aromatic rings. The first-order chi connectivity index (χ1) is 12.0. The van der Waals surface area contributed by atoms with E-state index < -0.39 is 11.5 Å². The summed E-state index contributed by atoms with van der Waals surface area (Å²) in [6.45, 7) is 1.25. The molecule has 2 heterocycles. The van der Waals surface area contributed by atoms with E-state index in [2.05, 4.69) is 5.32 Å². The van der Waals surface area contributed by atoms with Gasteiger partial charge in [0.2, 0.25) is 5.91 Å². The van der Waals surface area contributed by atoms with Crippen LogP contribution in [0.5, 0.6) is 11.5 Å². The molecule has 1 amide bonds. The number of methoxy groups -OCH3 is 1. The van der Waals surface area contributed by atoms with Gasteiger partial charge in [-0.05, 0) is 49.9 Å². The van der Waals surface area contributed by atoms with Gasteiger partial charge in [0.25, 0.3) is 0 Å². The number of likely N-dealkylation sites (tertiary alicyclic amines) is 1. The van der Waals surface area contributed by atoms with Crippen molar-refractivity contribution in [1.82, 2.24) is 10.2 Å². The van der Waals surface area contributed by atoms with Gasteiger partial charge in [0.15, 0.2) is 11.5 Å².